The molecule has 0 saturated carbocycles. The maximum absolute atomic E-state index is 13.3. The summed E-state index contributed by atoms with van der Waals surface area (Å²) in [6.07, 6.45) is 4.52. The number of hydrogen-bond acceptors (Lipinski definition) is 9. The summed E-state index contributed by atoms with van der Waals surface area (Å²) in [6, 6.07) is -1.61. The molecule has 2 atom stereocenters. The number of carbonyl (C=O) groups excluding carboxylic acids is 2. The molecule has 0 spiro atoms. The number of aromatic nitrogens is 6. The van der Waals surface area contributed by atoms with Gasteiger partial charge in [0.25, 0.3) is 5.56 Å². The van der Waals surface area contributed by atoms with E-state index in [-0.39, 0.29) is 42.4 Å². The number of nitrogens with one attached hydrogen (secondary N) is 2. The van der Waals surface area contributed by atoms with Gasteiger partial charge in [-0.15, -0.1) is 0 Å². The first-order valence-electron chi connectivity index (χ1n) is 12.7. The van der Waals surface area contributed by atoms with Gasteiger partial charge in [-0.3, -0.25) is 23.5 Å². The van der Waals surface area contributed by atoms with Crippen LogP contribution in [-0.2, 0) is 29.7 Å². The van der Waals surface area contributed by atoms with Gasteiger partial charge in [0.15, 0.2) is 11.2 Å². The number of hydrogen-bond donors (Lipinski definition) is 2. The minimum Gasteiger partial charge on any atom is -0.361 e. The Bertz CT molecular complexity index is 1690. The third-order valence-electron chi connectivity index (χ3n) is 6.83. The first-order chi connectivity index (χ1) is 19.4. The number of anilines is 1. The molecule has 0 aromatic carbocycles. The van der Waals surface area contributed by atoms with Crippen molar-refractivity contribution in [3.8, 4) is 0 Å². The van der Waals surface area contributed by atoms with Crippen LogP contribution in [0.25, 0.3) is 16.9 Å². The van der Waals surface area contributed by atoms with E-state index in [1.165, 1.54) is 37.3 Å². The predicted octanol–water partition coefficient (Wildman–Crippen LogP) is 0.450. The average molecular weight is 574 g/mol. The Morgan fingerprint density at radius 3 is 2.56 bits per heavy atom. The first kappa shape index (κ1) is 27.8. The van der Waals surface area contributed by atoms with Gasteiger partial charge < -0.3 is 20.1 Å². The van der Waals surface area contributed by atoms with Gasteiger partial charge in [0, 0.05) is 37.2 Å². The standard InChI is InChI=1S/C25H26F3N9O4/c1-14(38)11-37-22(40)20-21(34(2)24(37)41)31-13-35(20)12-19(39)33-18-7-3-5-16(32-18)15-9-29-23(30-10-15)36-8-4-6-17(36)25(26,27)28/h3,5,7,9-10,13,17-18,32H,4,6,8,11-12H2,1-2H3,(H,33,39)/t17-,18?/m0/s1. The van der Waals surface area contributed by atoms with Crippen LogP contribution in [0.4, 0.5) is 19.1 Å². The van der Waals surface area contributed by atoms with Gasteiger partial charge >= 0.3 is 11.9 Å². The molecule has 3 aromatic heterocycles. The molecular weight excluding hydrogens is 547 g/mol. The Balaban J connectivity index is 1.27. The molecule has 1 unspecified atom stereocenters. The first-order valence-corrected chi connectivity index (χ1v) is 12.7. The number of fused-ring (bicyclic) bond motifs is 1. The number of rotatable bonds is 7. The van der Waals surface area contributed by atoms with Crippen molar-refractivity contribution in [2.24, 2.45) is 7.05 Å². The van der Waals surface area contributed by atoms with Crippen LogP contribution < -0.4 is 26.8 Å². The van der Waals surface area contributed by atoms with Gasteiger partial charge in [0.1, 0.15) is 24.5 Å². The third kappa shape index (κ3) is 5.49. The van der Waals surface area contributed by atoms with Gasteiger partial charge in [-0.1, -0.05) is 6.08 Å². The van der Waals surface area contributed by atoms with Crippen molar-refractivity contribution in [3.63, 3.8) is 0 Å². The number of nitrogens with zero attached hydrogens (tertiary/aromatic N) is 7. The number of imidazole rings is 1. The molecule has 13 nitrogen and oxygen atoms in total. The molecule has 16 heteroatoms. The van der Waals surface area contributed by atoms with E-state index >= 15 is 0 Å². The van der Waals surface area contributed by atoms with E-state index in [0.717, 1.165) is 14.0 Å². The Labute approximate surface area is 230 Å². The van der Waals surface area contributed by atoms with Crippen LogP contribution in [0.3, 0.4) is 0 Å². The van der Waals surface area contributed by atoms with Crippen LogP contribution in [0.15, 0.2) is 46.5 Å². The highest BCUT2D eigenvalue weighted by atomic mass is 19.4. The van der Waals surface area contributed by atoms with Gasteiger partial charge in [-0.2, -0.15) is 13.2 Å². The largest absolute Gasteiger partial charge is 0.408 e. The summed E-state index contributed by atoms with van der Waals surface area (Å²) < 4.78 is 43.2. The Morgan fingerprint density at radius 1 is 1.15 bits per heavy atom. The molecule has 41 heavy (non-hydrogen) atoms. The van der Waals surface area contributed by atoms with Crippen molar-refractivity contribution in [3.05, 3.63) is 63.4 Å². The van der Waals surface area contributed by atoms with Crippen LogP contribution in [0.2, 0.25) is 0 Å². The number of ketones is 1. The molecule has 0 bridgehead atoms. The lowest BCUT2D eigenvalue weighted by molar-refractivity contribution is -0.146. The summed E-state index contributed by atoms with van der Waals surface area (Å²) in [6.45, 7) is 0.763. The van der Waals surface area contributed by atoms with Crippen molar-refractivity contribution >= 4 is 34.5 Å². The van der Waals surface area contributed by atoms with Crippen molar-refractivity contribution in [2.45, 2.75) is 51.2 Å². The number of alkyl halides is 3. The lowest BCUT2D eigenvalue weighted by atomic mass is 10.1. The summed E-state index contributed by atoms with van der Waals surface area (Å²) in [5.74, 6) is -0.872. The quantitative estimate of drug-likeness (QED) is 0.411. The van der Waals surface area contributed by atoms with E-state index in [0.29, 0.717) is 17.7 Å². The lowest BCUT2D eigenvalue weighted by Crippen LogP contribution is -2.45. The summed E-state index contributed by atoms with van der Waals surface area (Å²) in [5, 5.41) is 5.85. The normalized spacial score (nSPS) is 18.9. The van der Waals surface area contributed by atoms with Gasteiger partial charge in [0.05, 0.1) is 12.9 Å². The molecule has 2 aliphatic rings. The topological polar surface area (TPSA) is 149 Å². The minimum atomic E-state index is -4.37. The minimum absolute atomic E-state index is 0.000710. The number of halogens is 3. The Morgan fingerprint density at radius 2 is 1.88 bits per heavy atom. The number of Topliss-reactive ketones (excluding diaryl/α,β-unsaturated/α-hetero) is 1. The second-order valence-corrected chi connectivity index (χ2v) is 9.80. The monoisotopic (exact) mass is 573 g/mol. The second-order valence-electron chi connectivity index (χ2n) is 9.80. The van der Waals surface area contributed by atoms with Crippen LogP contribution in [-0.4, -0.2) is 65.3 Å². The van der Waals surface area contributed by atoms with E-state index in [2.05, 4.69) is 25.6 Å². The highest BCUT2D eigenvalue weighted by molar-refractivity contribution is 5.80. The van der Waals surface area contributed by atoms with Crippen molar-refractivity contribution in [2.75, 3.05) is 11.4 Å². The molecule has 1 fully saturated rings. The van der Waals surface area contributed by atoms with Gasteiger partial charge in [0.2, 0.25) is 11.9 Å². The fraction of sp³-hybridized carbons (Fsp3) is 0.400. The Kier molecular flexibility index (Phi) is 7.23. The van der Waals surface area contributed by atoms with E-state index < -0.39 is 42.1 Å². The van der Waals surface area contributed by atoms with Crippen LogP contribution >= 0.6 is 0 Å². The fourth-order valence-electron chi connectivity index (χ4n) is 4.92. The van der Waals surface area contributed by atoms with Crippen LogP contribution in [0, 0.1) is 0 Å². The summed E-state index contributed by atoms with van der Waals surface area (Å²) in [7, 11) is 1.42. The lowest BCUT2D eigenvalue weighted by Gasteiger charge is -2.27. The second kappa shape index (κ2) is 10.7. The zero-order valence-corrected chi connectivity index (χ0v) is 22.1. The zero-order valence-electron chi connectivity index (χ0n) is 22.1. The molecule has 1 saturated heterocycles. The van der Waals surface area contributed by atoms with Crippen LogP contribution in [0.1, 0.15) is 25.3 Å². The molecule has 0 aliphatic carbocycles. The van der Waals surface area contributed by atoms with Crippen molar-refractivity contribution in [1.29, 1.82) is 0 Å². The third-order valence-corrected chi connectivity index (χ3v) is 6.83. The maximum atomic E-state index is 13.3. The van der Waals surface area contributed by atoms with Gasteiger partial charge in [-0.05, 0) is 31.9 Å². The van der Waals surface area contributed by atoms with E-state index in [9.17, 15) is 32.3 Å². The molecule has 5 rings (SSSR count). The number of aryl methyl sites for hydroxylation is 1. The smallest absolute Gasteiger partial charge is 0.361 e. The summed E-state index contributed by atoms with van der Waals surface area (Å²) in [5.41, 5.74) is -0.308. The number of amides is 1. The molecule has 2 aliphatic heterocycles. The SMILES string of the molecule is CC(=O)Cn1c(=O)c2c(ncn2CC(=O)NC2C=CC=C(c3cnc(N4CCC[C@H]4C(F)(F)F)nc3)N2)n(C)c1=O. The molecule has 3 aromatic rings. The summed E-state index contributed by atoms with van der Waals surface area (Å²) >= 11 is 0. The predicted molar refractivity (Wildman–Crippen MR) is 141 cm³/mol. The molecule has 2 N–H and O–H groups in total. The number of dihydropyridines is 1. The number of allylic oxidation sites excluding steroid dienone is 2. The van der Waals surface area contributed by atoms with Crippen LogP contribution in [0.5, 0.6) is 0 Å². The molecule has 216 valence electrons. The van der Waals surface area contributed by atoms with E-state index in [4.69, 9.17) is 0 Å². The zero-order chi connectivity index (χ0) is 29.5. The maximum Gasteiger partial charge on any atom is 0.408 e. The van der Waals surface area contributed by atoms with Gasteiger partial charge in [-0.25, -0.2) is 19.7 Å². The molecule has 5 heterocycles. The summed E-state index contributed by atoms with van der Waals surface area (Å²) in [4.78, 5) is 63.5. The highest BCUT2D eigenvalue weighted by Crippen LogP contribution is 2.34. The number of carbonyl (C=O) groups is 2. The Hall–Kier alpha value is -4.76. The van der Waals surface area contributed by atoms with Crippen molar-refractivity contribution in [1.82, 2.24) is 39.3 Å². The van der Waals surface area contributed by atoms with Crippen molar-refractivity contribution < 1.29 is 22.8 Å². The fourth-order valence-corrected chi connectivity index (χ4v) is 4.92. The van der Waals surface area contributed by atoms with E-state index in [1.807, 2.05) is 0 Å². The average Bonchev–Trinajstić information content (AvgIpc) is 3.58. The van der Waals surface area contributed by atoms with E-state index in [1.54, 1.807) is 18.2 Å². The molecule has 0 radical (unpaired) electrons. The molecular formula is C25H26F3N9O4. The highest BCUT2D eigenvalue weighted by Gasteiger charge is 2.46. The molecule has 1 amide bonds.